The van der Waals surface area contributed by atoms with Gasteiger partial charge in [0.2, 0.25) is 0 Å². The van der Waals surface area contributed by atoms with Crippen LogP contribution in [0.25, 0.3) is 0 Å². The monoisotopic (exact) mass is 284 g/mol. The first-order valence-electron chi connectivity index (χ1n) is 7.73. The fourth-order valence-corrected chi connectivity index (χ4v) is 3.68. The van der Waals surface area contributed by atoms with Crippen LogP contribution in [-0.2, 0) is 14.3 Å². The smallest absolute Gasteiger partial charge is 0.326 e. The van der Waals surface area contributed by atoms with Crippen molar-refractivity contribution in [1.82, 2.24) is 10.2 Å². The molecule has 1 saturated heterocycles. The predicted molar refractivity (Wildman–Crippen MR) is 77.6 cm³/mol. The van der Waals surface area contributed by atoms with Crippen LogP contribution >= 0.6 is 0 Å². The van der Waals surface area contributed by atoms with Crippen molar-refractivity contribution < 1.29 is 14.3 Å². The molecular formula is C15H28N2O3. The molecule has 116 valence electrons. The summed E-state index contributed by atoms with van der Waals surface area (Å²) in [5, 5.41) is 3.22. The van der Waals surface area contributed by atoms with E-state index < -0.39 is 5.54 Å². The molecule has 1 aliphatic heterocycles. The Kier molecular flexibility index (Phi) is 5.04. The highest BCUT2D eigenvalue weighted by atomic mass is 16.5. The largest absolute Gasteiger partial charge is 0.465 e. The summed E-state index contributed by atoms with van der Waals surface area (Å²) in [5.74, 6) is -0.103. The van der Waals surface area contributed by atoms with Gasteiger partial charge in [-0.25, -0.2) is 0 Å². The summed E-state index contributed by atoms with van der Waals surface area (Å²) < 4.78 is 10.9. The van der Waals surface area contributed by atoms with E-state index in [0.29, 0.717) is 18.7 Å². The lowest BCUT2D eigenvalue weighted by Gasteiger charge is -2.33. The van der Waals surface area contributed by atoms with Gasteiger partial charge in [-0.2, -0.15) is 0 Å². The average Bonchev–Trinajstić information content (AvgIpc) is 3.05. The van der Waals surface area contributed by atoms with Crippen LogP contribution in [0.1, 0.15) is 39.5 Å². The molecule has 4 unspecified atom stereocenters. The van der Waals surface area contributed by atoms with Crippen molar-refractivity contribution >= 4 is 5.97 Å². The van der Waals surface area contributed by atoms with Crippen molar-refractivity contribution in [1.29, 1.82) is 0 Å². The number of rotatable bonds is 5. The molecule has 5 nitrogen and oxygen atoms in total. The zero-order valence-electron chi connectivity index (χ0n) is 13.1. The first kappa shape index (κ1) is 15.7. The van der Waals surface area contributed by atoms with E-state index in [1.807, 2.05) is 14.0 Å². The highest BCUT2D eigenvalue weighted by Crippen LogP contribution is 2.35. The third kappa shape index (κ3) is 2.85. The third-order valence-electron chi connectivity index (χ3n) is 5.07. The molecule has 0 spiro atoms. The van der Waals surface area contributed by atoms with Crippen LogP contribution in [0.3, 0.4) is 0 Å². The minimum Gasteiger partial charge on any atom is -0.465 e. The number of nitrogens with one attached hydrogen (secondary N) is 1. The van der Waals surface area contributed by atoms with Gasteiger partial charge in [0, 0.05) is 18.7 Å². The summed E-state index contributed by atoms with van der Waals surface area (Å²) in [6, 6.07) is 0.885. The fraction of sp³-hybridized carbons (Fsp3) is 0.933. The zero-order valence-corrected chi connectivity index (χ0v) is 13.1. The maximum atomic E-state index is 12.2. The Bertz CT molecular complexity index is 350. The topological polar surface area (TPSA) is 50.8 Å². The van der Waals surface area contributed by atoms with E-state index in [-0.39, 0.29) is 12.1 Å². The summed E-state index contributed by atoms with van der Waals surface area (Å²) in [6.45, 7) is 5.28. The Morgan fingerprint density at radius 3 is 2.80 bits per heavy atom. The number of nitrogens with zero attached hydrogens (tertiary/aromatic N) is 1. The second kappa shape index (κ2) is 6.41. The molecule has 1 aliphatic carbocycles. The normalized spacial score (nSPS) is 37.5. The van der Waals surface area contributed by atoms with Gasteiger partial charge in [0.15, 0.2) is 0 Å². The molecule has 0 aromatic rings. The van der Waals surface area contributed by atoms with Crippen molar-refractivity contribution in [3.63, 3.8) is 0 Å². The molecule has 0 aromatic heterocycles. The summed E-state index contributed by atoms with van der Waals surface area (Å²) >= 11 is 0. The molecule has 0 amide bonds. The minimum atomic E-state index is -0.502. The highest BCUT2D eigenvalue weighted by molar-refractivity contribution is 5.81. The van der Waals surface area contributed by atoms with E-state index in [0.717, 1.165) is 32.3 Å². The second-order valence-electron chi connectivity index (χ2n) is 6.05. The van der Waals surface area contributed by atoms with Crippen molar-refractivity contribution in [2.75, 3.05) is 27.3 Å². The van der Waals surface area contributed by atoms with E-state index in [1.165, 1.54) is 0 Å². The number of carbonyl (C=O) groups is 1. The summed E-state index contributed by atoms with van der Waals surface area (Å²) in [5.41, 5.74) is -0.502. The van der Waals surface area contributed by atoms with Crippen LogP contribution in [0, 0.1) is 0 Å². The molecule has 1 N–H and O–H groups in total. The first-order valence-corrected chi connectivity index (χ1v) is 7.73. The SMILES string of the molecule is CCOC(=O)C1(NC)CCC(N(C)C2CCOC2C)C1. The Hall–Kier alpha value is -0.650. The fourth-order valence-electron chi connectivity index (χ4n) is 3.68. The Labute approximate surface area is 122 Å². The first-order chi connectivity index (χ1) is 9.54. The zero-order chi connectivity index (χ0) is 14.8. The summed E-state index contributed by atoms with van der Waals surface area (Å²) in [6.07, 6.45) is 4.06. The van der Waals surface area contributed by atoms with Gasteiger partial charge in [0.05, 0.1) is 12.7 Å². The van der Waals surface area contributed by atoms with E-state index in [1.54, 1.807) is 0 Å². The van der Waals surface area contributed by atoms with E-state index in [4.69, 9.17) is 9.47 Å². The Morgan fingerprint density at radius 2 is 2.25 bits per heavy atom. The maximum absolute atomic E-state index is 12.2. The van der Waals surface area contributed by atoms with Crippen molar-refractivity contribution in [2.24, 2.45) is 0 Å². The number of carbonyl (C=O) groups excluding carboxylic acids is 1. The summed E-state index contributed by atoms with van der Waals surface area (Å²) in [7, 11) is 4.03. The van der Waals surface area contributed by atoms with Crippen LogP contribution in [0.4, 0.5) is 0 Å². The molecular weight excluding hydrogens is 256 g/mol. The number of esters is 1. The lowest BCUT2D eigenvalue weighted by Crippen LogP contribution is -2.51. The van der Waals surface area contributed by atoms with Gasteiger partial charge in [-0.1, -0.05) is 0 Å². The van der Waals surface area contributed by atoms with Crippen molar-refractivity contribution in [3.8, 4) is 0 Å². The summed E-state index contributed by atoms with van der Waals surface area (Å²) in [4.78, 5) is 14.6. The number of ether oxygens (including phenoxy) is 2. The maximum Gasteiger partial charge on any atom is 0.326 e. The molecule has 0 bridgehead atoms. The van der Waals surface area contributed by atoms with Gasteiger partial charge >= 0.3 is 5.97 Å². The Morgan fingerprint density at radius 1 is 1.50 bits per heavy atom. The molecule has 0 aromatic carbocycles. The second-order valence-corrected chi connectivity index (χ2v) is 6.05. The van der Waals surface area contributed by atoms with Gasteiger partial charge < -0.3 is 14.8 Å². The lowest BCUT2D eigenvalue weighted by atomic mass is 9.97. The van der Waals surface area contributed by atoms with E-state index >= 15 is 0 Å². The standard InChI is InChI=1S/C15H28N2O3/c1-5-19-14(18)15(16-3)8-6-12(10-15)17(4)13-7-9-20-11(13)2/h11-13,16H,5-10H2,1-4H3. The lowest BCUT2D eigenvalue weighted by molar-refractivity contribution is -0.151. The van der Waals surface area contributed by atoms with Gasteiger partial charge in [-0.15, -0.1) is 0 Å². The quantitative estimate of drug-likeness (QED) is 0.768. The van der Waals surface area contributed by atoms with Crippen molar-refractivity contribution in [2.45, 2.75) is 63.3 Å². The third-order valence-corrected chi connectivity index (χ3v) is 5.07. The molecule has 1 heterocycles. The highest BCUT2D eigenvalue weighted by Gasteiger charge is 2.47. The number of likely N-dealkylation sites (N-methyl/N-ethyl adjacent to an activating group) is 2. The minimum absolute atomic E-state index is 0.103. The van der Waals surface area contributed by atoms with Crippen LogP contribution in [0.5, 0.6) is 0 Å². The van der Waals surface area contributed by atoms with E-state index in [9.17, 15) is 4.79 Å². The molecule has 5 heteroatoms. The van der Waals surface area contributed by atoms with Crippen LogP contribution < -0.4 is 5.32 Å². The molecule has 2 aliphatic rings. The van der Waals surface area contributed by atoms with Gasteiger partial charge in [0.25, 0.3) is 0 Å². The number of hydrogen-bond donors (Lipinski definition) is 1. The van der Waals surface area contributed by atoms with Gasteiger partial charge in [-0.3, -0.25) is 9.69 Å². The number of hydrogen-bond acceptors (Lipinski definition) is 5. The van der Waals surface area contributed by atoms with Crippen molar-refractivity contribution in [3.05, 3.63) is 0 Å². The van der Waals surface area contributed by atoms with E-state index in [2.05, 4.69) is 24.2 Å². The molecule has 20 heavy (non-hydrogen) atoms. The molecule has 2 rings (SSSR count). The van der Waals surface area contributed by atoms with Gasteiger partial charge in [0.1, 0.15) is 5.54 Å². The molecule has 4 atom stereocenters. The Balaban J connectivity index is 2.01. The average molecular weight is 284 g/mol. The molecule has 2 fully saturated rings. The van der Waals surface area contributed by atoms with Crippen LogP contribution in [0.15, 0.2) is 0 Å². The molecule has 0 radical (unpaired) electrons. The van der Waals surface area contributed by atoms with Gasteiger partial charge in [-0.05, 0) is 53.6 Å². The van der Waals surface area contributed by atoms with Crippen LogP contribution in [-0.4, -0.2) is 61.9 Å². The molecule has 1 saturated carbocycles. The predicted octanol–water partition coefficient (Wildman–Crippen LogP) is 1.17. The van der Waals surface area contributed by atoms with Crippen LogP contribution in [0.2, 0.25) is 0 Å².